The minimum Gasteiger partial charge on any atom is -0.499 e. The summed E-state index contributed by atoms with van der Waals surface area (Å²) in [4.78, 5) is 24.0. The summed E-state index contributed by atoms with van der Waals surface area (Å²) in [6, 6.07) is 0. The van der Waals surface area contributed by atoms with Crippen LogP contribution in [-0.2, 0) is 9.16 Å². The van der Waals surface area contributed by atoms with E-state index >= 15 is 0 Å². The molecular formula is C19H38N2O4Si. The third kappa shape index (κ3) is 6.18. The Hall–Kier alpha value is -1.24. The van der Waals surface area contributed by atoms with Gasteiger partial charge in [-0.05, 0) is 21.5 Å². The lowest BCUT2D eigenvalue weighted by Crippen LogP contribution is -2.61. The molecule has 0 saturated carbocycles. The summed E-state index contributed by atoms with van der Waals surface area (Å²) in [5.41, 5.74) is 0. The average molecular weight is 387 g/mol. The van der Waals surface area contributed by atoms with Gasteiger partial charge in [-0.25, -0.2) is 9.59 Å². The van der Waals surface area contributed by atoms with E-state index in [2.05, 4.69) is 79.5 Å². The summed E-state index contributed by atoms with van der Waals surface area (Å²) in [6.45, 7) is 21.2. The molecule has 0 saturated heterocycles. The molecule has 0 aromatic heterocycles. The maximum absolute atomic E-state index is 12.4. The normalized spacial score (nSPS) is 13.8. The van der Waals surface area contributed by atoms with Crippen LogP contribution in [0.3, 0.4) is 0 Å². The molecule has 0 heterocycles. The van der Waals surface area contributed by atoms with Crippen molar-refractivity contribution in [2.24, 2.45) is 10.2 Å². The fourth-order valence-corrected chi connectivity index (χ4v) is 12.6. The molecule has 152 valence electrons. The predicted octanol–water partition coefficient (Wildman–Crippen LogP) is 7.25. The number of amides is 2. The highest BCUT2D eigenvalue weighted by atomic mass is 28.4. The van der Waals surface area contributed by atoms with Gasteiger partial charge in [0.05, 0.1) is 6.61 Å². The van der Waals surface area contributed by atoms with Crippen LogP contribution in [0, 0.1) is 0 Å². The molecule has 0 aromatic carbocycles. The number of azo groups is 1. The Balaban J connectivity index is 5.35. The molecule has 0 fully saturated rings. The summed E-state index contributed by atoms with van der Waals surface area (Å²) in [7, 11) is -2.73. The van der Waals surface area contributed by atoms with Crippen LogP contribution in [0.4, 0.5) is 9.59 Å². The van der Waals surface area contributed by atoms with Crippen LogP contribution >= 0.6 is 0 Å². The Morgan fingerprint density at radius 2 is 1.19 bits per heavy atom. The van der Waals surface area contributed by atoms with Crippen molar-refractivity contribution >= 4 is 20.5 Å². The molecule has 2 amide bonds. The monoisotopic (exact) mass is 386 g/mol. The lowest BCUT2D eigenvalue weighted by molar-refractivity contribution is 0.151. The van der Waals surface area contributed by atoms with Crippen molar-refractivity contribution in [2.75, 3.05) is 6.61 Å². The third-order valence-corrected chi connectivity index (χ3v) is 11.4. The van der Waals surface area contributed by atoms with Crippen molar-refractivity contribution in [2.45, 2.75) is 104 Å². The second kappa shape index (κ2) is 9.11. The van der Waals surface area contributed by atoms with Crippen molar-refractivity contribution in [3.63, 3.8) is 0 Å². The van der Waals surface area contributed by atoms with E-state index in [4.69, 9.17) is 9.16 Å². The number of ether oxygens (including phenoxy) is 1. The van der Waals surface area contributed by atoms with E-state index in [1.165, 1.54) is 0 Å². The van der Waals surface area contributed by atoms with Crippen LogP contribution < -0.4 is 0 Å². The van der Waals surface area contributed by atoms with Gasteiger partial charge in [-0.2, -0.15) is 0 Å². The molecule has 0 radical (unpaired) electrons. The standard InChI is InChI=1S/C19H38N2O4Si/c1-11-12-13-14-24-15(22)20-21-16(23)25-26(17(2,3)4,18(5,6)7)19(8,9)10/h11-14H2,1-10H3/b21-20+. The molecule has 0 aromatic rings. The van der Waals surface area contributed by atoms with Gasteiger partial charge in [0.1, 0.15) is 0 Å². The first-order valence-electron chi connectivity index (χ1n) is 9.41. The third-order valence-electron chi connectivity index (χ3n) is 4.60. The smallest absolute Gasteiger partial charge is 0.452 e. The lowest BCUT2D eigenvalue weighted by atomic mass is 10.2. The van der Waals surface area contributed by atoms with Gasteiger partial charge in [-0.1, -0.05) is 92.3 Å². The highest BCUT2D eigenvalue weighted by Gasteiger charge is 2.64. The predicted molar refractivity (Wildman–Crippen MR) is 107 cm³/mol. The topological polar surface area (TPSA) is 77.3 Å². The van der Waals surface area contributed by atoms with E-state index in [-0.39, 0.29) is 21.7 Å². The molecular weight excluding hydrogens is 348 g/mol. The Labute approximate surface area is 160 Å². The lowest BCUT2D eigenvalue weighted by Gasteiger charge is -2.56. The van der Waals surface area contributed by atoms with Crippen LogP contribution in [-0.4, -0.2) is 27.1 Å². The Bertz CT molecular complexity index is 475. The molecule has 6 nitrogen and oxygen atoms in total. The largest absolute Gasteiger partial charge is 0.499 e. The Morgan fingerprint density at radius 1 is 0.769 bits per heavy atom. The van der Waals surface area contributed by atoms with E-state index in [1.807, 2.05) is 0 Å². The summed E-state index contributed by atoms with van der Waals surface area (Å²) >= 11 is 0. The first kappa shape index (κ1) is 24.8. The molecule has 0 aliphatic carbocycles. The van der Waals surface area contributed by atoms with Crippen molar-refractivity contribution < 1.29 is 18.8 Å². The van der Waals surface area contributed by atoms with Gasteiger partial charge in [0.15, 0.2) is 0 Å². The van der Waals surface area contributed by atoms with Gasteiger partial charge in [0.25, 0.3) is 8.32 Å². The quantitative estimate of drug-likeness (QED) is 0.283. The Kier molecular flexibility index (Phi) is 8.67. The van der Waals surface area contributed by atoms with Gasteiger partial charge in [0, 0.05) is 0 Å². The summed E-state index contributed by atoms with van der Waals surface area (Å²) in [5.74, 6) is 0. The number of carbonyl (C=O) groups is 2. The fourth-order valence-electron chi connectivity index (χ4n) is 4.61. The number of carbonyl (C=O) groups excluding carboxylic acids is 2. The highest BCUT2D eigenvalue weighted by molar-refractivity contribution is 6.83. The SMILES string of the molecule is CCCCCOC(=O)/N=N/C(=O)O[Si](C(C)(C)C)(C(C)(C)C)C(C)(C)C. The van der Waals surface area contributed by atoms with E-state index in [0.717, 1.165) is 19.3 Å². The van der Waals surface area contributed by atoms with E-state index in [0.29, 0.717) is 0 Å². The van der Waals surface area contributed by atoms with E-state index in [1.54, 1.807) is 0 Å². The minimum atomic E-state index is -2.73. The maximum atomic E-state index is 12.4. The zero-order chi connectivity index (χ0) is 20.8. The molecule has 7 heteroatoms. The van der Waals surface area contributed by atoms with Gasteiger partial charge in [-0.15, -0.1) is 0 Å². The number of hydrogen-bond donors (Lipinski definition) is 0. The van der Waals surface area contributed by atoms with Crippen LogP contribution in [0.15, 0.2) is 10.2 Å². The second-order valence-corrected chi connectivity index (χ2v) is 15.9. The number of rotatable bonds is 5. The summed E-state index contributed by atoms with van der Waals surface area (Å²) in [6.07, 6.45) is 1.11. The van der Waals surface area contributed by atoms with Crippen molar-refractivity contribution in [3.05, 3.63) is 0 Å². The number of nitrogens with zero attached hydrogens (tertiary/aromatic N) is 2. The van der Waals surface area contributed by atoms with E-state index in [9.17, 15) is 9.59 Å². The summed E-state index contributed by atoms with van der Waals surface area (Å²) in [5, 5.41) is 6.16. The zero-order valence-corrected chi connectivity index (χ0v) is 19.4. The molecule has 0 rings (SSSR count). The first-order valence-corrected chi connectivity index (χ1v) is 11.3. The van der Waals surface area contributed by atoms with Crippen LogP contribution in [0.1, 0.15) is 88.5 Å². The van der Waals surface area contributed by atoms with Crippen LogP contribution in [0.25, 0.3) is 0 Å². The first-order chi connectivity index (χ1) is 11.6. The average Bonchev–Trinajstić information content (AvgIpc) is 2.43. The van der Waals surface area contributed by atoms with Crippen LogP contribution in [0.5, 0.6) is 0 Å². The van der Waals surface area contributed by atoms with Gasteiger partial charge in [-0.3, -0.25) is 0 Å². The second-order valence-electron chi connectivity index (χ2n) is 9.82. The summed E-state index contributed by atoms with van der Waals surface area (Å²) < 4.78 is 11.0. The number of unbranched alkanes of at least 4 members (excludes halogenated alkanes) is 2. The molecule has 26 heavy (non-hydrogen) atoms. The van der Waals surface area contributed by atoms with Gasteiger partial charge in [0.2, 0.25) is 0 Å². The van der Waals surface area contributed by atoms with E-state index < -0.39 is 20.5 Å². The Morgan fingerprint density at radius 3 is 1.58 bits per heavy atom. The number of hydrogen-bond acceptors (Lipinski definition) is 4. The fraction of sp³-hybridized carbons (Fsp3) is 0.895. The van der Waals surface area contributed by atoms with Crippen molar-refractivity contribution in [1.29, 1.82) is 0 Å². The zero-order valence-electron chi connectivity index (χ0n) is 18.4. The maximum Gasteiger partial charge on any atom is 0.452 e. The molecule has 0 aliphatic heterocycles. The highest BCUT2D eigenvalue weighted by Crippen LogP contribution is 2.62. The molecule has 0 atom stereocenters. The molecule has 0 aliphatic rings. The molecule has 0 bridgehead atoms. The molecule has 0 spiro atoms. The van der Waals surface area contributed by atoms with Gasteiger partial charge >= 0.3 is 12.2 Å². The molecule has 0 unspecified atom stereocenters. The van der Waals surface area contributed by atoms with Crippen molar-refractivity contribution in [3.8, 4) is 0 Å². The minimum absolute atomic E-state index is 0.227. The van der Waals surface area contributed by atoms with Gasteiger partial charge < -0.3 is 9.16 Å². The molecule has 0 N–H and O–H groups in total. The van der Waals surface area contributed by atoms with Crippen molar-refractivity contribution in [1.82, 2.24) is 0 Å². The van der Waals surface area contributed by atoms with Crippen LogP contribution in [0.2, 0.25) is 15.1 Å².